The van der Waals surface area contributed by atoms with Crippen LogP contribution in [0.25, 0.3) is 0 Å². The molecule has 1 aromatic rings. The van der Waals surface area contributed by atoms with Crippen molar-refractivity contribution in [3.63, 3.8) is 0 Å². The van der Waals surface area contributed by atoms with E-state index >= 15 is 0 Å². The molecule has 1 aromatic heterocycles. The smallest absolute Gasteiger partial charge is 0.133 e. The van der Waals surface area contributed by atoms with E-state index in [2.05, 4.69) is 22.9 Å². The summed E-state index contributed by atoms with van der Waals surface area (Å²) < 4.78 is 0. The van der Waals surface area contributed by atoms with Crippen molar-refractivity contribution in [2.75, 3.05) is 13.1 Å². The highest BCUT2D eigenvalue weighted by Gasteiger charge is 2.25. The highest BCUT2D eigenvalue weighted by atomic mass is 35.5. The van der Waals surface area contributed by atoms with Crippen molar-refractivity contribution < 1.29 is 0 Å². The fourth-order valence-electron chi connectivity index (χ4n) is 2.62. The normalized spacial score (nSPS) is 21.6. The number of pyridine rings is 1. The van der Waals surface area contributed by atoms with E-state index < -0.39 is 0 Å². The highest BCUT2D eigenvalue weighted by molar-refractivity contribution is 6.30. The molecule has 1 aliphatic heterocycles. The van der Waals surface area contributed by atoms with Crippen LogP contribution in [0.1, 0.15) is 50.6 Å². The lowest BCUT2D eigenvalue weighted by Crippen LogP contribution is -2.34. The Labute approximate surface area is 109 Å². The highest BCUT2D eigenvalue weighted by Crippen LogP contribution is 2.33. The molecule has 0 unspecified atom stereocenters. The van der Waals surface area contributed by atoms with Crippen molar-refractivity contribution in [2.45, 2.75) is 45.1 Å². The molecule has 0 saturated carbocycles. The Morgan fingerprint density at radius 1 is 1.47 bits per heavy atom. The fraction of sp³-hybridized carbons (Fsp3) is 0.643. The number of hydrogen-bond donors (Lipinski definition) is 0. The second kappa shape index (κ2) is 6.36. The van der Waals surface area contributed by atoms with Crippen LogP contribution in [0.2, 0.25) is 5.15 Å². The van der Waals surface area contributed by atoms with Gasteiger partial charge >= 0.3 is 0 Å². The Hall–Kier alpha value is -0.600. The van der Waals surface area contributed by atoms with Crippen LogP contribution in [-0.2, 0) is 0 Å². The molecule has 17 heavy (non-hydrogen) atoms. The molecular formula is C14H21ClN2. The van der Waals surface area contributed by atoms with Gasteiger partial charge in [0.15, 0.2) is 0 Å². The number of aromatic nitrogens is 1. The summed E-state index contributed by atoms with van der Waals surface area (Å²) in [7, 11) is 0. The zero-order chi connectivity index (χ0) is 12.1. The van der Waals surface area contributed by atoms with E-state index in [1.54, 1.807) is 6.20 Å². The number of halogens is 1. The van der Waals surface area contributed by atoms with E-state index in [1.165, 1.54) is 50.8 Å². The molecule has 2 heterocycles. The van der Waals surface area contributed by atoms with E-state index in [0.29, 0.717) is 11.2 Å². The molecule has 2 nitrogen and oxygen atoms in total. The predicted octanol–water partition coefficient (Wildman–Crippen LogP) is 4.06. The van der Waals surface area contributed by atoms with Gasteiger partial charge in [0.2, 0.25) is 0 Å². The minimum atomic E-state index is 0.483. The monoisotopic (exact) mass is 252 g/mol. The maximum absolute atomic E-state index is 6.22. The summed E-state index contributed by atoms with van der Waals surface area (Å²) in [5.41, 5.74) is 1.21. The summed E-state index contributed by atoms with van der Waals surface area (Å²) in [4.78, 5) is 6.79. The van der Waals surface area contributed by atoms with Crippen molar-refractivity contribution in [2.24, 2.45) is 0 Å². The third-order valence-corrected chi connectivity index (χ3v) is 3.88. The summed E-state index contributed by atoms with van der Waals surface area (Å²) in [5, 5.41) is 0.681. The van der Waals surface area contributed by atoms with Gasteiger partial charge in [-0.15, -0.1) is 0 Å². The standard InChI is InChI=1S/C14H21ClN2/c1-2-3-10-17-11-5-4-8-13(17)12-7-6-9-16-14(12)15/h6-7,9,13H,2-5,8,10-11H2,1H3/t13-/m0/s1. The predicted molar refractivity (Wildman–Crippen MR) is 72.3 cm³/mol. The van der Waals surface area contributed by atoms with Gasteiger partial charge in [-0.2, -0.15) is 0 Å². The zero-order valence-corrected chi connectivity index (χ0v) is 11.3. The second-order valence-electron chi connectivity index (χ2n) is 4.78. The first-order valence-corrected chi connectivity index (χ1v) is 7.05. The van der Waals surface area contributed by atoms with Gasteiger partial charge in [0.05, 0.1) is 0 Å². The van der Waals surface area contributed by atoms with E-state index in [1.807, 2.05) is 6.07 Å². The Morgan fingerprint density at radius 2 is 2.35 bits per heavy atom. The number of nitrogens with zero attached hydrogens (tertiary/aromatic N) is 2. The van der Waals surface area contributed by atoms with Gasteiger partial charge in [0.25, 0.3) is 0 Å². The molecule has 0 amide bonds. The third kappa shape index (κ3) is 3.20. The number of hydrogen-bond acceptors (Lipinski definition) is 2. The van der Waals surface area contributed by atoms with Gasteiger partial charge in [-0.25, -0.2) is 4.98 Å². The molecular weight excluding hydrogens is 232 g/mol. The van der Waals surface area contributed by atoms with Crippen molar-refractivity contribution in [3.8, 4) is 0 Å². The molecule has 2 rings (SSSR count). The Morgan fingerprint density at radius 3 is 3.12 bits per heavy atom. The van der Waals surface area contributed by atoms with Crippen LogP contribution in [0.15, 0.2) is 18.3 Å². The number of unbranched alkanes of at least 4 members (excludes halogenated alkanes) is 1. The largest absolute Gasteiger partial charge is 0.296 e. The fourth-order valence-corrected chi connectivity index (χ4v) is 2.86. The van der Waals surface area contributed by atoms with E-state index in [9.17, 15) is 0 Å². The molecule has 0 N–H and O–H groups in total. The van der Waals surface area contributed by atoms with Gasteiger partial charge in [0, 0.05) is 17.8 Å². The lowest BCUT2D eigenvalue weighted by Gasteiger charge is -2.36. The Balaban J connectivity index is 2.13. The molecule has 0 aliphatic carbocycles. The number of rotatable bonds is 4. The van der Waals surface area contributed by atoms with Crippen molar-refractivity contribution in [1.29, 1.82) is 0 Å². The van der Waals surface area contributed by atoms with Crippen LogP contribution in [0.5, 0.6) is 0 Å². The van der Waals surface area contributed by atoms with Gasteiger partial charge < -0.3 is 0 Å². The lowest BCUT2D eigenvalue weighted by molar-refractivity contribution is 0.146. The first-order chi connectivity index (χ1) is 8.33. The van der Waals surface area contributed by atoms with Crippen LogP contribution in [-0.4, -0.2) is 23.0 Å². The average molecular weight is 253 g/mol. The molecule has 3 heteroatoms. The maximum Gasteiger partial charge on any atom is 0.133 e. The van der Waals surface area contributed by atoms with Crippen LogP contribution in [0.3, 0.4) is 0 Å². The van der Waals surface area contributed by atoms with Crippen LogP contribution in [0, 0.1) is 0 Å². The summed E-state index contributed by atoms with van der Waals surface area (Å²) in [6.45, 7) is 4.64. The summed E-state index contributed by atoms with van der Waals surface area (Å²) in [5.74, 6) is 0. The SMILES string of the molecule is CCCCN1CCCC[C@H]1c1cccnc1Cl. The zero-order valence-electron chi connectivity index (χ0n) is 10.5. The van der Waals surface area contributed by atoms with E-state index in [0.717, 1.165) is 0 Å². The molecule has 1 fully saturated rings. The quantitative estimate of drug-likeness (QED) is 0.752. The summed E-state index contributed by atoms with van der Waals surface area (Å²) in [6, 6.07) is 4.61. The van der Waals surface area contributed by atoms with Gasteiger partial charge in [-0.1, -0.05) is 37.4 Å². The van der Waals surface area contributed by atoms with E-state index in [-0.39, 0.29) is 0 Å². The molecule has 0 aromatic carbocycles. The molecule has 0 spiro atoms. The lowest BCUT2D eigenvalue weighted by atomic mass is 9.96. The van der Waals surface area contributed by atoms with Gasteiger partial charge in [0.1, 0.15) is 5.15 Å². The topological polar surface area (TPSA) is 16.1 Å². The Kier molecular flexibility index (Phi) is 4.81. The Bertz CT molecular complexity index is 354. The average Bonchev–Trinajstić information content (AvgIpc) is 2.37. The van der Waals surface area contributed by atoms with Crippen molar-refractivity contribution >= 4 is 11.6 Å². The first kappa shape index (κ1) is 12.8. The molecule has 0 radical (unpaired) electrons. The number of piperidine rings is 1. The minimum absolute atomic E-state index is 0.483. The third-order valence-electron chi connectivity index (χ3n) is 3.56. The van der Waals surface area contributed by atoms with Gasteiger partial charge in [-0.3, -0.25) is 4.90 Å². The molecule has 1 atom stereocenters. The van der Waals surface area contributed by atoms with Crippen LogP contribution >= 0.6 is 11.6 Å². The molecule has 1 saturated heterocycles. The number of likely N-dealkylation sites (tertiary alicyclic amines) is 1. The second-order valence-corrected chi connectivity index (χ2v) is 5.14. The first-order valence-electron chi connectivity index (χ1n) is 6.67. The minimum Gasteiger partial charge on any atom is -0.296 e. The van der Waals surface area contributed by atoms with Crippen LogP contribution < -0.4 is 0 Å². The molecule has 1 aliphatic rings. The maximum atomic E-state index is 6.22. The molecule has 94 valence electrons. The van der Waals surface area contributed by atoms with Gasteiger partial charge in [-0.05, 0) is 38.4 Å². The van der Waals surface area contributed by atoms with Crippen molar-refractivity contribution in [3.05, 3.63) is 29.0 Å². The molecule has 0 bridgehead atoms. The van der Waals surface area contributed by atoms with Crippen molar-refractivity contribution in [1.82, 2.24) is 9.88 Å². The summed E-state index contributed by atoms with van der Waals surface area (Å²) >= 11 is 6.22. The van der Waals surface area contributed by atoms with Crippen LogP contribution in [0.4, 0.5) is 0 Å². The summed E-state index contributed by atoms with van der Waals surface area (Å²) in [6.07, 6.45) is 8.13. The van der Waals surface area contributed by atoms with E-state index in [4.69, 9.17) is 11.6 Å².